The topological polar surface area (TPSA) is 24.1 Å². The molecule has 0 aromatic carbocycles. The Morgan fingerprint density at radius 1 is 1.50 bits per heavy atom. The minimum atomic E-state index is 0.573. The van der Waals surface area contributed by atoms with Crippen LogP contribution < -0.4 is 10.9 Å². The molecule has 1 unspecified atom stereocenters. The van der Waals surface area contributed by atoms with Crippen LogP contribution in [-0.4, -0.2) is 6.04 Å². The van der Waals surface area contributed by atoms with Gasteiger partial charge in [-0.15, -0.1) is 0 Å². The Morgan fingerprint density at radius 3 is 2.83 bits per heavy atom. The van der Waals surface area contributed by atoms with E-state index in [0.29, 0.717) is 6.04 Å². The van der Waals surface area contributed by atoms with Gasteiger partial charge in [-0.1, -0.05) is 20.8 Å². The summed E-state index contributed by atoms with van der Waals surface area (Å²) in [6.45, 7) is 6.77. The number of nitrogens with one attached hydrogen (secondary N) is 2. The minimum Gasteiger partial charge on any atom is -0.328 e. The van der Waals surface area contributed by atoms with E-state index in [-0.39, 0.29) is 0 Å². The van der Waals surface area contributed by atoms with Crippen molar-refractivity contribution in [2.75, 3.05) is 0 Å². The third-order valence-corrected chi connectivity index (χ3v) is 2.38. The van der Waals surface area contributed by atoms with Crippen molar-refractivity contribution in [3.8, 4) is 0 Å². The molecule has 0 aromatic rings. The summed E-state index contributed by atoms with van der Waals surface area (Å²) in [5.41, 5.74) is 7.86. The zero-order valence-electron chi connectivity index (χ0n) is 8.35. The molecule has 1 aliphatic heterocycles. The highest BCUT2D eigenvalue weighted by Gasteiger charge is 2.15. The van der Waals surface area contributed by atoms with Crippen LogP contribution in [0, 0.1) is 5.92 Å². The highest BCUT2D eigenvalue weighted by Crippen LogP contribution is 2.18. The molecule has 70 valence electrons. The Hall–Kier alpha value is -0.500. The van der Waals surface area contributed by atoms with E-state index < -0.39 is 0 Å². The lowest BCUT2D eigenvalue weighted by Crippen LogP contribution is -2.31. The van der Waals surface area contributed by atoms with Crippen LogP contribution in [-0.2, 0) is 0 Å². The van der Waals surface area contributed by atoms with Crippen LogP contribution in [0.25, 0.3) is 0 Å². The average molecular weight is 168 g/mol. The van der Waals surface area contributed by atoms with Crippen molar-refractivity contribution < 1.29 is 0 Å². The van der Waals surface area contributed by atoms with Crippen molar-refractivity contribution in [1.82, 2.24) is 10.9 Å². The van der Waals surface area contributed by atoms with Gasteiger partial charge in [-0.05, 0) is 30.8 Å². The van der Waals surface area contributed by atoms with Gasteiger partial charge in [0.2, 0.25) is 0 Å². The third-order valence-electron chi connectivity index (χ3n) is 2.38. The van der Waals surface area contributed by atoms with E-state index in [4.69, 9.17) is 0 Å². The number of hydrogen-bond donors (Lipinski definition) is 2. The molecule has 0 saturated carbocycles. The average Bonchev–Trinajstić information content (AvgIpc) is 2.47. The molecule has 0 spiro atoms. The maximum Gasteiger partial charge on any atom is 0.0484 e. The molecule has 2 heteroatoms. The molecule has 2 N–H and O–H groups in total. The maximum atomic E-state index is 3.24. The van der Waals surface area contributed by atoms with Gasteiger partial charge in [-0.2, -0.15) is 0 Å². The summed E-state index contributed by atoms with van der Waals surface area (Å²) in [6, 6.07) is 0.573. The van der Waals surface area contributed by atoms with Crippen LogP contribution >= 0.6 is 0 Å². The summed E-state index contributed by atoms with van der Waals surface area (Å²) < 4.78 is 0. The predicted octanol–water partition coefficient (Wildman–Crippen LogP) is 2.19. The normalized spacial score (nSPS) is 22.7. The first-order valence-electron chi connectivity index (χ1n) is 4.94. The van der Waals surface area contributed by atoms with Crippen molar-refractivity contribution >= 4 is 0 Å². The van der Waals surface area contributed by atoms with Crippen LogP contribution in [0.15, 0.2) is 11.8 Å². The second-order valence-electron chi connectivity index (χ2n) is 3.90. The fraction of sp³-hybridized carbons (Fsp3) is 0.800. The number of hydrogen-bond acceptors (Lipinski definition) is 2. The smallest absolute Gasteiger partial charge is 0.0484 e. The lowest BCUT2D eigenvalue weighted by atomic mass is 9.98. The quantitative estimate of drug-likeness (QED) is 0.672. The van der Waals surface area contributed by atoms with E-state index in [0.717, 1.165) is 5.92 Å². The zero-order chi connectivity index (χ0) is 8.97. The highest BCUT2D eigenvalue weighted by molar-refractivity contribution is 5.13. The first kappa shape index (κ1) is 9.59. The molecular weight excluding hydrogens is 148 g/mol. The molecule has 1 aliphatic rings. The summed E-state index contributed by atoms with van der Waals surface area (Å²) in [7, 11) is 0. The Kier molecular flexibility index (Phi) is 3.60. The Bertz CT molecular complexity index is 161. The predicted molar refractivity (Wildman–Crippen MR) is 52.5 cm³/mol. The highest BCUT2D eigenvalue weighted by atomic mass is 15.4. The van der Waals surface area contributed by atoms with Gasteiger partial charge in [0, 0.05) is 12.2 Å². The van der Waals surface area contributed by atoms with Gasteiger partial charge in [0.05, 0.1) is 0 Å². The molecule has 0 amide bonds. The van der Waals surface area contributed by atoms with E-state index in [2.05, 4.69) is 37.8 Å². The van der Waals surface area contributed by atoms with Crippen LogP contribution in [0.5, 0.6) is 0 Å². The number of hydrazine groups is 1. The number of rotatable bonds is 4. The molecule has 12 heavy (non-hydrogen) atoms. The molecule has 0 bridgehead atoms. The first-order chi connectivity index (χ1) is 5.74. The lowest BCUT2D eigenvalue weighted by molar-refractivity contribution is 0.522. The van der Waals surface area contributed by atoms with E-state index in [9.17, 15) is 0 Å². The van der Waals surface area contributed by atoms with Crippen molar-refractivity contribution in [3.63, 3.8) is 0 Å². The van der Waals surface area contributed by atoms with Crippen molar-refractivity contribution in [2.24, 2.45) is 5.92 Å². The van der Waals surface area contributed by atoms with Crippen LogP contribution in [0.1, 0.15) is 40.0 Å². The van der Waals surface area contributed by atoms with E-state index in [1.165, 1.54) is 24.8 Å². The van der Waals surface area contributed by atoms with Gasteiger partial charge in [-0.25, -0.2) is 5.43 Å². The van der Waals surface area contributed by atoms with Crippen molar-refractivity contribution in [1.29, 1.82) is 0 Å². The van der Waals surface area contributed by atoms with Gasteiger partial charge in [0.1, 0.15) is 0 Å². The van der Waals surface area contributed by atoms with E-state index in [1.807, 2.05) is 0 Å². The zero-order valence-corrected chi connectivity index (χ0v) is 8.35. The molecule has 0 saturated heterocycles. The van der Waals surface area contributed by atoms with E-state index in [1.54, 1.807) is 0 Å². The second-order valence-corrected chi connectivity index (χ2v) is 3.90. The van der Waals surface area contributed by atoms with Crippen LogP contribution in [0.3, 0.4) is 0 Å². The van der Waals surface area contributed by atoms with Gasteiger partial charge in [-0.3, -0.25) is 0 Å². The van der Waals surface area contributed by atoms with Crippen molar-refractivity contribution in [2.45, 2.75) is 46.1 Å². The van der Waals surface area contributed by atoms with Crippen molar-refractivity contribution in [3.05, 3.63) is 11.8 Å². The van der Waals surface area contributed by atoms with Crippen LogP contribution in [0.2, 0.25) is 0 Å². The fourth-order valence-electron chi connectivity index (χ4n) is 1.49. The Labute approximate surface area is 75.4 Å². The molecule has 0 radical (unpaired) electrons. The second kappa shape index (κ2) is 4.51. The van der Waals surface area contributed by atoms with E-state index >= 15 is 0 Å². The molecule has 0 aromatic heterocycles. The monoisotopic (exact) mass is 168 g/mol. The van der Waals surface area contributed by atoms with Gasteiger partial charge in [0.25, 0.3) is 0 Å². The SMILES string of the molecule is CCC1NNC=C1CCC(C)C. The first-order valence-corrected chi connectivity index (χ1v) is 4.94. The molecule has 1 rings (SSSR count). The summed E-state index contributed by atoms with van der Waals surface area (Å²) in [4.78, 5) is 0. The Balaban J connectivity index is 2.30. The van der Waals surface area contributed by atoms with Gasteiger partial charge < -0.3 is 5.43 Å². The largest absolute Gasteiger partial charge is 0.328 e. The van der Waals surface area contributed by atoms with Gasteiger partial charge >= 0.3 is 0 Å². The molecule has 0 aliphatic carbocycles. The Morgan fingerprint density at radius 2 is 2.25 bits per heavy atom. The standard InChI is InChI=1S/C10H20N2/c1-4-10-9(7-11-12-10)6-5-8(2)3/h7-8,10-12H,4-6H2,1-3H3. The van der Waals surface area contributed by atoms with Gasteiger partial charge in [0.15, 0.2) is 0 Å². The summed E-state index contributed by atoms with van der Waals surface area (Å²) in [6.07, 6.45) is 5.83. The molecule has 1 heterocycles. The summed E-state index contributed by atoms with van der Waals surface area (Å²) >= 11 is 0. The minimum absolute atomic E-state index is 0.573. The fourth-order valence-corrected chi connectivity index (χ4v) is 1.49. The molecular formula is C10H20N2. The lowest BCUT2D eigenvalue weighted by Gasteiger charge is -2.12. The summed E-state index contributed by atoms with van der Waals surface area (Å²) in [5, 5.41) is 0. The third kappa shape index (κ3) is 2.52. The molecule has 0 fully saturated rings. The molecule has 2 nitrogen and oxygen atoms in total. The van der Waals surface area contributed by atoms with Crippen LogP contribution in [0.4, 0.5) is 0 Å². The summed E-state index contributed by atoms with van der Waals surface area (Å²) in [5.74, 6) is 0.809. The molecule has 1 atom stereocenters. The maximum absolute atomic E-state index is 3.24.